The molecule has 1 N–H and O–H groups in total. The molecule has 0 spiro atoms. The first-order chi connectivity index (χ1) is 7.77. The predicted molar refractivity (Wildman–Crippen MR) is 71.8 cm³/mol. The normalized spacial score (nSPS) is 13.7. The molecule has 0 saturated carbocycles. The van der Waals surface area contributed by atoms with Crippen LogP contribution in [0.15, 0.2) is 18.2 Å². The van der Waals surface area contributed by atoms with E-state index in [0.29, 0.717) is 0 Å². The Morgan fingerprint density at radius 3 is 2.50 bits per heavy atom. The fourth-order valence-electron chi connectivity index (χ4n) is 1.96. The quantitative estimate of drug-likeness (QED) is 0.797. The second kappa shape index (κ2) is 7.45. The summed E-state index contributed by atoms with van der Waals surface area (Å²) in [6.07, 6.45) is 5.27. The van der Waals surface area contributed by atoms with Gasteiger partial charge in [-0.15, -0.1) is 0 Å². The molecule has 0 atom stereocenters. The minimum Gasteiger partial charge on any atom is -0.312 e. The number of unbranched alkanes of at least 4 members (excludes halogenated alkanes) is 2. The highest BCUT2D eigenvalue weighted by atomic mass is 14.9. The fourth-order valence-corrected chi connectivity index (χ4v) is 1.96. The molecule has 1 aromatic carbocycles. The third-order valence-corrected chi connectivity index (χ3v) is 2.96. The Morgan fingerprint density at radius 1 is 1.12 bits per heavy atom. The van der Waals surface area contributed by atoms with Crippen molar-refractivity contribution in [3.05, 3.63) is 34.9 Å². The van der Waals surface area contributed by atoms with E-state index in [1.54, 1.807) is 0 Å². The molecule has 0 amide bonds. The van der Waals surface area contributed by atoms with Gasteiger partial charge in [-0.2, -0.15) is 0 Å². The van der Waals surface area contributed by atoms with Crippen molar-refractivity contribution in [2.75, 3.05) is 6.54 Å². The average Bonchev–Trinajstić information content (AvgIpc) is 2.31. The minimum atomic E-state index is 1.05. The van der Waals surface area contributed by atoms with E-state index in [1.165, 1.54) is 42.4 Å². The summed E-state index contributed by atoms with van der Waals surface area (Å²) in [5, 5.41) is 3.37. The van der Waals surface area contributed by atoms with Crippen LogP contribution >= 0.6 is 0 Å². The zero-order valence-corrected chi connectivity index (χ0v) is 11.0. The van der Waals surface area contributed by atoms with Gasteiger partial charge in [0.05, 0.1) is 0 Å². The summed E-state index contributed by atoms with van der Waals surface area (Å²) >= 11 is 0. The minimum absolute atomic E-state index is 1.05. The van der Waals surface area contributed by atoms with E-state index in [0.717, 1.165) is 13.1 Å². The summed E-state index contributed by atoms with van der Waals surface area (Å²) in [6, 6.07) is 6.73. The van der Waals surface area contributed by atoms with E-state index in [-0.39, 0.29) is 0 Å². The van der Waals surface area contributed by atoms with E-state index in [2.05, 4.69) is 44.3 Å². The van der Waals surface area contributed by atoms with Crippen molar-refractivity contribution in [3.63, 3.8) is 0 Å². The van der Waals surface area contributed by atoms with Gasteiger partial charge in [-0.25, -0.2) is 0 Å². The van der Waals surface area contributed by atoms with Crippen molar-refractivity contribution in [3.8, 4) is 0 Å². The highest BCUT2D eigenvalue weighted by Crippen LogP contribution is 2.14. The Hall–Kier alpha value is -0.820. The zero-order valence-electron chi connectivity index (χ0n) is 11.0. The Kier molecular flexibility index (Phi) is 6.17. The molecule has 1 heterocycles. The molecule has 1 aliphatic heterocycles. The molecule has 90 valence electrons. The lowest BCUT2D eigenvalue weighted by atomic mass is 9.99. The van der Waals surface area contributed by atoms with Gasteiger partial charge in [0.2, 0.25) is 0 Å². The topological polar surface area (TPSA) is 12.0 Å². The van der Waals surface area contributed by atoms with Crippen LogP contribution in [0.3, 0.4) is 0 Å². The van der Waals surface area contributed by atoms with Gasteiger partial charge in [0.25, 0.3) is 0 Å². The Bertz CT molecular complexity index is 302. The van der Waals surface area contributed by atoms with Crippen LogP contribution in [-0.4, -0.2) is 6.54 Å². The van der Waals surface area contributed by atoms with Crippen molar-refractivity contribution in [1.29, 1.82) is 0 Å². The smallest absolute Gasteiger partial charge is 0.0208 e. The maximum absolute atomic E-state index is 3.37. The van der Waals surface area contributed by atoms with Crippen molar-refractivity contribution in [2.45, 2.75) is 53.0 Å². The molecule has 0 unspecified atom stereocenters. The molecule has 0 aromatic heterocycles. The predicted octanol–water partition coefficient (Wildman–Crippen LogP) is 3.84. The molecule has 1 aromatic rings. The SMILES string of the molecule is CCCCC.Cc1ccc2c(c1)CNCC2. The van der Waals surface area contributed by atoms with Gasteiger partial charge in [-0.3, -0.25) is 0 Å². The average molecular weight is 219 g/mol. The number of benzene rings is 1. The molecule has 16 heavy (non-hydrogen) atoms. The van der Waals surface area contributed by atoms with Crippen LogP contribution in [0.1, 0.15) is 49.8 Å². The maximum Gasteiger partial charge on any atom is 0.0208 e. The first-order valence-electron chi connectivity index (χ1n) is 6.57. The number of nitrogens with one attached hydrogen (secondary N) is 1. The number of rotatable bonds is 2. The molecular formula is C15H25N. The standard InChI is InChI=1S/C10H13N.C5H12/c1-8-2-3-9-4-5-11-7-10(9)6-8;1-3-5-4-2/h2-3,6,11H,4-5,7H2,1H3;3-5H2,1-2H3. The van der Waals surface area contributed by atoms with Crippen molar-refractivity contribution < 1.29 is 0 Å². The van der Waals surface area contributed by atoms with Crippen molar-refractivity contribution >= 4 is 0 Å². The molecule has 0 radical (unpaired) electrons. The molecule has 0 aliphatic carbocycles. The molecular weight excluding hydrogens is 194 g/mol. The first-order valence-corrected chi connectivity index (χ1v) is 6.57. The van der Waals surface area contributed by atoms with Gasteiger partial charge in [-0.1, -0.05) is 56.9 Å². The van der Waals surface area contributed by atoms with Crippen molar-refractivity contribution in [2.24, 2.45) is 0 Å². The van der Waals surface area contributed by atoms with E-state index < -0.39 is 0 Å². The van der Waals surface area contributed by atoms with Gasteiger partial charge in [0.15, 0.2) is 0 Å². The number of hydrogen-bond acceptors (Lipinski definition) is 1. The second-order valence-electron chi connectivity index (χ2n) is 4.55. The van der Waals surface area contributed by atoms with E-state index in [9.17, 15) is 0 Å². The third-order valence-electron chi connectivity index (χ3n) is 2.96. The molecule has 0 fully saturated rings. The van der Waals surface area contributed by atoms with Crippen LogP contribution in [0.2, 0.25) is 0 Å². The molecule has 1 aliphatic rings. The maximum atomic E-state index is 3.37. The monoisotopic (exact) mass is 219 g/mol. The first kappa shape index (κ1) is 13.2. The lowest BCUT2D eigenvalue weighted by Gasteiger charge is -2.16. The summed E-state index contributed by atoms with van der Waals surface area (Å²) in [6.45, 7) is 8.76. The third kappa shape index (κ3) is 4.36. The highest BCUT2D eigenvalue weighted by Gasteiger charge is 2.06. The summed E-state index contributed by atoms with van der Waals surface area (Å²) < 4.78 is 0. The second-order valence-corrected chi connectivity index (χ2v) is 4.55. The van der Waals surface area contributed by atoms with Gasteiger partial charge < -0.3 is 5.32 Å². The Labute approximate surface area is 100 Å². The van der Waals surface area contributed by atoms with Crippen LogP contribution in [0.4, 0.5) is 0 Å². The largest absolute Gasteiger partial charge is 0.312 e. The lowest BCUT2D eigenvalue weighted by molar-refractivity contribution is 0.643. The molecule has 1 heteroatoms. The fraction of sp³-hybridized carbons (Fsp3) is 0.600. The molecule has 0 saturated heterocycles. The summed E-state index contributed by atoms with van der Waals surface area (Å²) in [5.74, 6) is 0. The van der Waals surface area contributed by atoms with Gasteiger partial charge in [0, 0.05) is 6.54 Å². The number of fused-ring (bicyclic) bond motifs is 1. The lowest BCUT2D eigenvalue weighted by Crippen LogP contribution is -2.23. The summed E-state index contributed by atoms with van der Waals surface area (Å²) in [7, 11) is 0. The number of aryl methyl sites for hydroxylation is 1. The number of hydrogen-bond donors (Lipinski definition) is 1. The van der Waals surface area contributed by atoms with Crippen LogP contribution in [0.5, 0.6) is 0 Å². The van der Waals surface area contributed by atoms with E-state index in [1.807, 2.05) is 0 Å². The zero-order chi connectivity index (χ0) is 11.8. The van der Waals surface area contributed by atoms with Crippen molar-refractivity contribution in [1.82, 2.24) is 5.32 Å². The van der Waals surface area contributed by atoms with Crippen LogP contribution < -0.4 is 5.32 Å². The summed E-state index contributed by atoms with van der Waals surface area (Å²) in [4.78, 5) is 0. The van der Waals surface area contributed by atoms with Crippen LogP contribution in [0.25, 0.3) is 0 Å². The van der Waals surface area contributed by atoms with Crippen LogP contribution in [0, 0.1) is 6.92 Å². The summed E-state index contributed by atoms with van der Waals surface area (Å²) in [5.41, 5.74) is 4.37. The highest BCUT2D eigenvalue weighted by molar-refractivity contribution is 5.32. The molecule has 2 rings (SSSR count). The van der Waals surface area contributed by atoms with Crippen LogP contribution in [-0.2, 0) is 13.0 Å². The van der Waals surface area contributed by atoms with Gasteiger partial charge >= 0.3 is 0 Å². The Balaban J connectivity index is 0.000000221. The van der Waals surface area contributed by atoms with E-state index >= 15 is 0 Å². The molecule has 0 bridgehead atoms. The molecule has 1 nitrogen and oxygen atoms in total. The Morgan fingerprint density at radius 2 is 1.88 bits per heavy atom. The van der Waals surface area contributed by atoms with E-state index in [4.69, 9.17) is 0 Å². The van der Waals surface area contributed by atoms with Gasteiger partial charge in [-0.05, 0) is 31.0 Å². The van der Waals surface area contributed by atoms with Gasteiger partial charge in [0.1, 0.15) is 0 Å².